The highest BCUT2D eigenvalue weighted by atomic mass is 16.5. The number of nitrogens with one attached hydrogen (secondary N) is 2. The van der Waals surface area contributed by atoms with Gasteiger partial charge in [0.25, 0.3) is 5.91 Å². The van der Waals surface area contributed by atoms with Crippen molar-refractivity contribution in [1.29, 1.82) is 0 Å². The van der Waals surface area contributed by atoms with Crippen molar-refractivity contribution in [3.63, 3.8) is 0 Å². The molecule has 6 heteroatoms. The molecule has 0 aliphatic carbocycles. The molecule has 2 unspecified atom stereocenters. The molecule has 0 bridgehead atoms. The number of hydrogen-bond donors (Lipinski definition) is 2. The third kappa shape index (κ3) is 3.87. The van der Waals surface area contributed by atoms with Crippen molar-refractivity contribution in [2.45, 2.75) is 32.3 Å². The fraction of sp³-hybridized carbons (Fsp3) is 0.556. The summed E-state index contributed by atoms with van der Waals surface area (Å²) in [5.74, 6) is 1.09. The number of benzene rings is 1. The number of hydrogen-bond acceptors (Lipinski definition) is 4. The molecule has 2 amide bonds. The van der Waals surface area contributed by atoms with Gasteiger partial charge in [-0.2, -0.15) is 0 Å². The van der Waals surface area contributed by atoms with E-state index < -0.39 is 6.10 Å². The summed E-state index contributed by atoms with van der Waals surface area (Å²) in [6.07, 6.45) is 2.10. The predicted octanol–water partition coefficient (Wildman–Crippen LogP) is 1.31. The van der Waals surface area contributed by atoms with Crippen LogP contribution in [0.2, 0.25) is 0 Å². The predicted molar refractivity (Wildman–Crippen MR) is 92.1 cm³/mol. The van der Waals surface area contributed by atoms with Crippen molar-refractivity contribution in [1.82, 2.24) is 10.6 Å². The fourth-order valence-corrected chi connectivity index (χ4v) is 3.25. The summed E-state index contributed by atoms with van der Waals surface area (Å²) in [6, 6.07) is 7.45. The molecule has 0 spiro atoms. The first kappa shape index (κ1) is 16.8. The molecule has 1 aromatic carbocycles. The van der Waals surface area contributed by atoms with E-state index in [1.807, 2.05) is 24.3 Å². The van der Waals surface area contributed by atoms with Crippen molar-refractivity contribution in [3.05, 3.63) is 24.3 Å². The lowest BCUT2D eigenvalue weighted by molar-refractivity contribution is -0.125. The molecular weight excluding hydrogens is 306 g/mol. The molecule has 2 heterocycles. The molecule has 1 fully saturated rings. The second kappa shape index (κ2) is 7.66. The van der Waals surface area contributed by atoms with Gasteiger partial charge in [-0.25, -0.2) is 0 Å². The van der Waals surface area contributed by atoms with Crippen molar-refractivity contribution in [3.8, 4) is 5.75 Å². The minimum atomic E-state index is -0.517. The largest absolute Gasteiger partial charge is 0.479 e. The Bertz CT molecular complexity index is 599. The van der Waals surface area contributed by atoms with Crippen LogP contribution < -0.4 is 20.3 Å². The molecule has 0 radical (unpaired) electrons. The van der Waals surface area contributed by atoms with Gasteiger partial charge >= 0.3 is 0 Å². The molecule has 3 rings (SSSR count). The molecule has 2 aliphatic heterocycles. The highest BCUT2D eigenvalue weighted by molar-refractivity contribution is 6.00. The summed E-state index contributed by atoms with van der Waals surface area (Å²) in [7, 11) is 0. The molecule has 2 N–H and O–H groups in total. The van der Waals surface area contributed by atoms with E-state index in [0.717, 1.165) is 31.6 Å². The van der Waals surface area contributed by atoms with Gasteiger partial charge in [0.05, 0.1) is 5.69 Å². The van der Waals surface area contributed by atoms with Gasteiger partial charge in [-0.15, -0.1) is 0 Å². The molecule has 1 saturated heterocycles. The Morgan fingerprint density at radius 3 is 3.04 bits per heavy atom. The normalized spacial score (nSPS) is 23.4. The topological polar surface area (TPSA) is 70.7 Å². The lowest BCUT2D eigenvalue weighted by Crippen LogP contribution is -2.46. The number of nitrogens with zero attached hydrogens (tertiary/aromatic N) is 1. The molecular formula is C18H25N3O3. The molecule has 0 aromatic heterocycles. The zero-order valence-electron chi connectivity index (χ0n) is 14.1. The monoisotopic (exact) mass is 331 g/mol. The van der Waals surface area contributed by atoms with Gasteiger partial charge in [-0.3, -0.25) is 9.59 Å². The van der Waals surface area contributed by atoms with Gasteiger partial charge in [0.1, 0.15) is 5.75 Å². The second-order valence-corrected chi connectivity index (χ2v) is 6.48. The lowest BCUT2D eigenvalue weighted by Gasteiger charge is -2.32. The standard InChI is InChI=1S/C18H25N3O3/c1-13-18(23)21(15-6-2-3-7-16(15)24-13)10-8-17(22)20-12-14-5-4-9-19-11-14/h2-3,6-7,13-14,19H,4-5,8-12H2,1H3,(H,20,22). The van der Waals surface area contributed by atoms with Crippen LogP contribution in [0, 0.1) is 5.92 Å². The van der Waals surface area contributed by atoms with Crippen LogP contribution in [0.15, 0.2) is 24.3 Å². The molecule has 130 valence electrons. The van der Waals surface area contributed by atoms with Crippen molar-refractivity contribution in [2.24, 2.45) is 5.92 Å². The van der Waals surface area contributed by atoms with E-state index >= 15 is 0 Å². The first-order valence-corrected chi connectivity index (χ1v) is 8.69. The minimum absolute atomic E-state index is 0.00926. The average Bonchev–Trinajstić information content (AvgIpc) is 2.61. The fourth-order valence-electron chi connectivity index (χ4n) is 3.25. The van der Waals surface area contributed by atoms with Crippen LogP contribution in [0.25, 0.3) is 0 Å². The van der Waals surface area contributed by atoms with Crippen molar-refractivity contribution >= 4 is 17.5 Å². The maximum absolute atomic E-state index is 12.4. The van der Waals surface area contributed by atoms with Crippen LogP contribution in [0.5, 0.6) is 5.75 Å². The van der Waals surface area contributed by atoms with Crippen LogP contribution in [0.1, 0.15) is 26.2 Å². The van der Waals surface area contributed by atoms with Crippen molar-refractivity contribution < 1.29 is 14.3 Å². The summed E-state index contributed by atoms with van der Waals surface area (Å²) in [4.78, 5) is 26.2. The average molecular weight is 331 g/mol. The summed E-state index contributed by atoms with van der Waals surface area (Å²) < 4.78 is 5.61. The Balaban J connectivity index is 1.53. The molecule has 2 aliphatic rings. The summed E-state index contributed by atoms with van der Waals surface area (Å²) >= 11 is 0. The first-order chi connectivity index (χ1) is 11.6. The maximum atomic E-state index is 12.4. The van der Waals surface area contributed by atoms with Gasteiger partial charge < -0.3 is 20.3 Å². The Hall–Kier alpha value is -2.08. The van der Waals surface area contributed by atoms with E-state index in [1.165, 1.54) is 0 Å². The molecule has 0 saturated carbocycles. The first-order valence-electron chi connectivity index (χ1n) is 8.69. The molecule has 2 atom stereocenters. The van der Waals surface area contributed by atoms with Crippen LogP contribution in [0.4, 0.5) is 5.69 Å². The molecule has 1 aromatic rings. The van der Waals surface area contributed by atoms with Crippen LogP contribution in [0.3, 0.4) is 0 Å². The number of rotatable bonds is 5. The Morgan fingerprint density at radius 1 is 1.42 bits per heavy atom. The molecule has 6 nitrogen and oxygen atoms in total. The van der Waals surface area contributed by atoms with Crippen molar-refractivity contribution in [2.75, 3.05) is 31.1 Å². The number of carbonyl (C=O) groups is 2. The second-order valence-electron chi connectivity index (χ2n) is 6.48. The number of carbonyl (C=O) groups excluding carboxylic acids is 2. The Labute approximate surface area is 142 Å². The Morgan fingerprint density at radius 2 is 2.25 bits per heavy atom. The van der Waals surface area contributed by atoms with Gasteiger partial charge in [0.15, 0.2) is 6.10 Å². The van der Waals surface area contributed by atoms with E-state index in [9.17, 15) is 9.59 Å². The van der Waals surface area contributed by atoms with Gasteiger partial charge in [0.2, 0.25) is 5.91 Å². The Kier molecular flexibility index (Phi) is 5.35. The maximum Gasteiger partial charge on any atom is 0.267 e. The zero-order valence-corrected chi connectivity index (χ0v) is 14.1. The van der Waals surface area contributed by atoms with Gasteiger partial charge in [-0.05, 0) is 50.9 Å². The van der Waals surface area contributed by atoms with Gasteiger partial charge in [-0.1, -0.05) is 12.1 Å². The summed E-state index contributed by atoms with van der Waals surface area (Å²) in [6.45, 7) is 4.85. The number of anilines is 1. The van der Waals surface area contributed by atoms with E-state index in [2.05, 4.69) is 10.6 Å². The van der Waals surface area contributed by atoms with Crippen LogP contribution in [-0.4, -0.2) is 44.1 Å². The van der Waals surface area contributed by atoms with E-state index in [0.29, 0.717) is 31.2 Å². The lowest BCUT2D eigenvalue weighted by atomic mass is 10.00. The molecule has 24 heavy (non-hydrogen) atoms. The SMILES string of the molecule is CC1Oc2ccccc2N(CCC(=O)NCC2CCCNC2)C1=O. The number of ether oxygens (including phenoxy) is 1. The zero-order chi connectivity index (χ0) is 16.9. The smallest absolute Gasteiger partial charge is 0.267 e. The number of para-hydroxylation sites is 2. The third-order valence-electron chi connectivity index (χ3n) is 4.62. The van der Waals surface area contributed by atoms with E-state index in [4.69, 9.17) is 4.74 Å². The summed E-state index contributed by atoms with van der Waals surface area (Å²) in [5, 5.41) is 6.34. The highest BCUT2D eigenvalue weighted by Gasteiger charge is 2.31. The van der Waals surface area contributed by atoms with Gasteiger partial charge in [0, 0.05) is 19.5 Å². The van der Waals surface area contributed by atoms with E-state index in [-0.39, 0.29) is 11.8 Å². The quantitative estimate of drug-likeness (QED) is 0.853. The number of fused-ring (bicyclic) bond motifs is 1. The third-order valence-corrected chi connectivity index (χ3v) is 4.62. The number of piperidine rings is 1. The van der Waals surface area contributed by atoms with Crippen LogP contribution >= 0.6 is 0 Å². The minimum Gasteiger partial charge on any atom is -0.479 e. The number of amides is 2. The summed E-state index contributed by atoms with van der Waals surface area (Å²) in [5.41, 5.74) is 0.741. The highest BCUT2D eigenvalue weighted by Crippen LogP contribution is 2.33. The van der Waals surface area contributed by atoms with Crippen LogP contribution in [-0.2, 0) is 9.59 Å². The van der Waals surface area contributed by atoms with E-state index in [1.54, 1.807) is 11.8 Å².